The predicted molar refractivity (Wildman–Crippen MR) is 47.4 cm³/mol. The molecule has 0 aliphatic rings. The van der Waals surface area contributed by atoms with Gasteiger partial charge in [0.1, 0.15) is 18.4 Å². The number of hydrogen-bond acceptors (Lipinski definition) is 5. The van der Waals surface area contributed by atoms with E-state index in [0.29, 0.717) is 11.2 Å². The lowest BCUT2D eigenvalue weighted by atomic mass is 10.5. The molecule has 3 N–H and O–H groups in total. The molecule has 0 fully saturated rings. The number of hydrogen-bond donors (Lipinski definition) is 2. The van der Waals surface area contributed by atoms with Crippen molar-refractivity contribution in [1.82, 2.24) is 19.5 Å². The number of rotatable bonds is 2. The molecule has 7 heteroatoms. The zero-order valence-electron chi connectivity index (χ0n) is 7.08. The maximum Gasteiger partial charge on any atom is 0.323 e. The fourth-order valence-electron chi connectivity index (χ4n) is 1.16. The number of nitrogens with two attached hydrogens (primary N) is 1. The minimum atomic E-state index is -0.957. The van der Waals surface area contributed by atoms with Gasteiger partial charge in [-0.15, -0.1) is 0 Å². The summed E-state index contributed by atoms with van der Waals surface area (Å²) >= 11 is 0. The fourth-order valence-corrected chi connectivity index (χ4v) is 1.16. The van der Waals surface area contributed by atoms with Crippen molar-refractivity contribution in [3.05, 3.63) is 12.7 Å². The summed E-state index contributed by atoms with van der Waals surface area (Å²) in [7, 11) is 0. The molecule has 7 nitrogen and oxygen atoms in total. The summed E-state index contributed by atoms with van der Waals surface area (Å²) in [5, 5.41) is 8.59. The molecule has 0 atom stereocenters. The average Bonchev–Trinajstić information content (AvgIpc) is 2.49. The zero-order chi connectivity index (χ0) is 10.1. The van der Waals surface area contributed by atoms with Gasteiger partial charge in [-0.3, -0.25) is 4.79 Å². The Morgan fingerprint density at radius 3 is 3.00 bits per heavy atom. The molecule has 2 rings (SSSR count). The molecule has 0 amide bonds. The Labute approximate surface area is 78.2 Å². The Kier molecular flexibility index (Phi) is 1.77. The highest BCUT2D eigenvalue weighted by atomic mass is 16.4. The van der Waals surface area contributed by atoms with Crippen molar-refractivity contribution in [1.29, 1.82) is 0 Å². The van der Waals surface area contributed by atoms with E-state index in [4.69, 9.17) is 10.8 Å². The standard InChI is InChI=1S/C7H7N5O2/c8-6-5-7(10-2-9-6)12(3-11-5)1-4(13)14/h2-3H,1H2,(H,13,14)(H2,8,9,10). The third-order valence-electron chi connectivity index (χ3n) is 1.74. The molecular formula is C7H7N5O2. The van der Waals surface area contributed by atoms with Gasteiger partial charge >= 0.3 is 5.97 Å². The molecule has 0 saturated heterocycles. The zero-order valence-corrected chi connectivity index (χ0v) is 7.08. The van der Waals surface area contributed by atoms with Crippen LogP contribution in [0.25, 0.3) is 11.2 Å². The van der Waals surface area contributed by atoms with Gasteiger partial charge < -0.3 is 15.4 Å². The Balaban J connectivity index is 2.58. The first-order valence-corrected chi connectivity index (χ1v) is 3.81. The molecular weight excluding hydrogens is 186 g/mol. The van der Waals surface area contributed by atoms with Crippen LogP contribution in [0.1, 0.15) is 0 Å². The van der Waals surface area contributed by atoms with Gasteiger partial charge in [-0.2, -0.15) is 0 Å². The van der Waals surface area contributed by atoms with Crippen molar-refractivity contribution in [3.8, 4) is 0 Å². The van der Waals surface area contributed by atoms with Gasteiger partial charge in [-0.25, -0.2) is 15.0 Å². The van der Waals surface area contributed by atoms with Gasteiger partial charge in [0, 0.05) is 0 Å². The number of carboxylic acid groups (broad SMARTS) is 1. The van der Waals surface area contributed by atoms with Gasteiger partial charge in [0.2, 0.25) is 0 Å². The Morgan fingerprint density at radius 1 is 1.50 bits per heavy atom. The van der Waals surface area contributed by atoms with E-state index in [1.165, 1.54) is 17.2 Å². The maximum atomic E-state index is 10.5. The van der Waals surface area contributed by atoms with Crippen molar-refractivity contribution < 1.29 is 9.90 Å². The Hall–Kier alpha value is -2.18. The molecule has 0 saturated carbocycles. The fraction of sp³-hybridized carbons (Fsp3) is 0.143. The van der Waals surface area contributed by atoms with Gasteiger partial charge in [-0.05, 0) is 0 Å². The molecule has 0 aromatic carbocycles. The van der Waals surface area contributed by atoms with E-state index in [9.17, 15) is 4.79 Å². The molecule has 0 unspecified atom stereocenters. The summed E-state index contributed by atoms with van der Waals surface area (Å²) < 4.78 is 1.40. The normalized spacial score (nSPS) is 10.6. The first kappa shape index (κ1) is 8.42. The number of aliphatic carboxylic acids is 1. The largest absolute Gasteiger partial charge is 0.480 e. The Bertz CT molecular complexity index is 492. The molecule has 0 aliphatic carbocycles. The predicted octanol–water partition coefficient (Wildman–Crippen LogP) is -0.507. The van der Waals surface area contributed by atoms with E-state index in [2.05, 4.69) is 15.0 Å². The second kappa shape index (κ2) is 2.95. The minimum absolute atomic E-state index is 0.188. The molecule has 2 aromatic heterocycles. The number of nitrogen functional groups attached to an aromatic ring is 1. The van der Waals surface area contributed by atoms with E-state index in [1.54, 1.807) is 0 Å². The number of nitrogens with zero attached hydrogens (tertiary/aromatic N) is 4. The number of carbonyl (C=O) groups is 1. The van der Waals surface area contributed by atoms with Crippen LogP contribution < -0.4 is 5.73 Å². The first-order valence-electron chi connectivity index (χ1n) is 3.81. The summed E-state index contributed by atoms with van der Waals surface area (Å²) in [6, 6.07) is 0. The topological polar surface area (TPSA) is 107 Å². The van der Waals surface area contributed by atoms with Crippen LogP contribution >= 0.6 is 0 Å². The quantitative estimate of drug-likeness (QED) is 0.665. The number of aromatic nitrogens is 4. The van der Waals surface area contributed by atoms with Crippen LogP contribution in [0.5, 0.6) is 0 Å². The molecule has 72 valence electrons. The lowest BCUT2D eigenvalue weighted by Gasteiger charge is -1.98. The van der Waals surface area contributed by atoms with Gasteiger partial charge in [-0.1, -0.05) is 0 Å². The second-order valence-corrected chi connectivity index (χ2v) is 2.70. The number of carboxylic acids is 1. The van der Waals surface area contributed by atoms with Crippen LogP contribution in [0.3, 0.4) is 0 Å². The van der Waals surface area contributed by atoms with Crippen LogP contribution in [0, 0.1) is 0 Å². The van der Waals surface area contributed by atoms with Crippen LogP contribution in [-0.2, 0) is 11.3 Å². The maximum absolute atomic E-state index is 10.5. The Morgan fingerprint density at radius 2 is 2.29 bits per heavy atom. The third kappa shape index (κ3) is 1.24. The van der Waals surface area contributed by atoms with Crippen LogP contribution in [0.15, 0.2) is 12.7 Å². The summed E-state index contributed by atoms with van der Waals surface area (Å²) in [6.07, 6.45) is 2.65. The van der Waals surface area contributed by atoms with Gasteiger partial charge in [0.15, 0.2) is 11.5 Å². The van der Waals surface area contributed by atoms with E-state index in [0.717, 1.165) is 0 Å². The summed E-state index contributed by atoms with van der Waals surface area (Å²) in [5.74, 6) is -0.708. The van der Waals surface area contributed by atoms with Crippen LogP contribution in [-0.4, -0.2) is 30.6 Å². The molecule has 0 bridgehead atoms. The number of fused-ring (bicyclic) bond motifs is 1. The molecule has 0 radical (unpaired) electrons. The third-order valence-corrected chi connectivity index (χ3v) is 1.74. The van der Waals surface area contributed by atoms with E-state index < -0.39 is 5.97 Å². The van der Waals surface area contributed by atoms with Gasteiger partial charge in [0.25, 0.3) is 0 Å². The van der Waals surface area contributed by atoms with Gasteiger partial charge in [0.05, 0.1) is 6.33 Å². The molecule has 0 aliphatic heterocycles. The van der Waals surface area contributed by atoms with Crippen LogP contribution in [0.4, 0.5) is 5.82 Å². The van der Waals surface area contributed by atoms with Crippen molar-refractivity contribution in [2.24, 2.45) is 0 Å². The molecule has 2 heterocycles. The van der Waals surface area contributed by atoms with E-state index in [-0.39, 0.29) is 12.4 Å². The first-order chi connectivity index (χ1) is 6.68. The number of anilines is 1. The van der Waals surface area contributed by atoms with Crippen LogP contribution in [0.2, 0.25) is 0 Å². The van der Waals surface area contributed by atoms with E-state index >= 15 is 0 Å². The van der Waals surface area contributed by atoms with E-state index in [1.807, 2.05) is 0 Å². The smallest absolute Gasteiger partial charge is 0.323 e. The molecule has 14 heavy (non-hydrogen) atoms. The highest BCUT2D eigenvalue weighted by molar-refractivity contribution is 5.82. The minimum Gasteiger partial charge on any atom is -0.480 e. The highest BCUT2D eigenvalue weighted by Gasteiger charge is 2.09. The summed E-state index contributed by atoms with van der Waals surface area (Å²) in [5.41, 5.74) is 6.38. The van der Waals surface area contributed by atoms with Crippen molar-refractivity contribution in [2.45, 2.75) is 6.54 Å². The SMILES string of the molecule is Nc1ncnc2c1ncn2CC(=O)O. The average molecular weight is 193 g/mol. The highest BCUT2D eigenvalue weighted by Crippen LogP contribution is 2.13. The lowest BCUT2D eigenvalue weighted by Crippen LogP contribution is -2.08. The van der Waals surface area contributed by atoms with Crippen molar-refractivity contribution >= 4 is 23.0 Å². The lowest BCUT2D eigenvalue weighted by molar-refractivity contribution is -0.137. The van der Waals surface area contributed by atoms with Crippen molar-refractivity contribution in [3.63, 3.8) is 0 Å². The summed E-state index contributed by atoms with van der Waals surface area (Å²) in [6.45, 7) is -0.188. The summed E-state index contributed by atoms with van der Waals surface area (Å²) in [4.78, 5) is 22.0. The number of imidazole rings is 1. The van der Waals surface area contributed by atoms with Crippen molar-refractivity contribution in [2.75, 3.05) is 5.73 Å². The second-order valence-electron chi connectivity index (χ2n) is 2.70. The molecule has 0 spiro atoms. The molecule has 2 aromatic rings. The monoisotopic (exact) mass is 193 g/mol.